The van der Waals surface area contributed by atoms with Crippen molar-refractivity contribution in [2.24, 2.45) is 5.92 Å². The highest BCUT2D eigenvalue weighted by Crippen LogP contribution is 2.29. The summed E-state index contributed by atoms with van der Waals surface area (Å²) in [6.45, 7) is 0.932. The lowest BCUT2D eigenvalue weighted by Gasteiger charge is -2.29. The molecule has 1 aliphatic heterocycles. The number of ether oxygens (including phenoxy) is 1. The van der Waals surface area contributed by atoms with E-state index in [-0.39, 0.29) is 42.1 Å². The average Bonchev–Trinajstić information content (AvgIpc) is 3.34. The molecule has 1 heterocycles. The van der Waals surface area contributed by atoms with E-state index in [1.165, 1.54) is 23.8 Å². The zero-order valence-electron chi connectivity index (χ0n) is 20.0. The van der Waals surface area contributed by atoms with E-state index in [0.717, 1.165) is 38.6 Å². The van der Waals surface area contributed by atoms with Gasteiger partial charge in [-0.1, -0.05) is 42.5 Å². The van der Waals surface area contributed by atoms with E-state index >= 15 is 0 Å². The van der Waals surface area contributed by atoms with Crippen molar-refractivity contribution >= 4 is 11.8 Å². The third-order valence-corrected chi connectivity index (χ3v) is 7.01. The number of rotatable bonds is 8. The Morgan fingerprint density at radius 1 is 1.00 bits per heavy atom. The van der Waals surface area contributed by atoms with Crippen LogP contribution in [-0.4, -0.2) is 36.8 Å². The molecule has 0 aromatic heterocycles. The minimum atomic E-state index is -4.75. The topological polar surface area (TPSA) is 79.5 Å². The molecule has 0 unspecified atom stereocenters. The van der Waals surface area contributed by atoms with Gasteiger partial charge in [-0.2, -0.15) is 0 Å². The molecule has 2 aromatic carbocycles. The summed E-state index contributed by atoms with van der Waals surface area (Å²) in [6.07, 6.45) is -0.252. The molecule has 9 heteroatoms. The Morgan fingerprint density at radius 2 is 1.75 bits per heavy atom. The Balaban J connectivity index is 1.14. The number of alkyl halides is 3. The number of carbonyl (C=O) groups excluding carboxylic acids is 2. The molecule has 2 atom stereocenters. The maximum atomic E-state index is 12.8. The second-order valence-corrected chi connectivity index (χ2v) is 9.71. The number of benzene rings is 2. The van der Waals surface area contributed by atoms with Crippen molar-refractivity contribution in [1.82, 2.24) is 16.0 Å². The van der Waals surface area contributed by atoms with Crippen LogP contribution in [0.15, 0.2) is 54.6 Å². The van der Waals surface area contributed by atoms with Crippen LogP contribution in [0.5, 0.6) is 5.75 Å². The molecule has 1 saturated heterocycles. The minimum absolute atomic E-state index is 0.0476. The zero-order chi connectivity index (χ0) is 25.5. The number of halogens is 3. The predicted molar refractivity (Wildman–Crippen MR) is 129 cm³/mol. The summed E-state index contributed by atoms with van der Waals surface area (Å²) in [7, 11) is 0. The van der Waals surface area contributed by atoms with Gasteiger partial charge in [0.2, 0.25) is 11.8 Å². The number of hydrogen-bond donors (Lipinski definition) is 3. The molecular weight excluding hydrogens is 471 g/mol. The maximum Gasteiger partial charge on any atom is 0.573 e. The summed E-state index contributed by atoms with van der Waals surface area (Å²) in [5.41, 5.74) is 1.79. The fourth-order valence-electron chi connectivity index (χ4n) is 5.11. The van der Waals surface area contributed by atoms with Crippen LogP contribution in [0.4, 0.5) is 13.2 Å². The van der Waals surface area contributed by atoms with Gasteiger partial charge >= 0.3 is 6.36 Å². The zero-order valence-corrected chi connectivity index (χ0v) is 20.0. The summed E-state index contributed by atoms with van der Waals surface area (Å²) < 4.78 is 41.1. The van der Waals surface area contributed by atoms with Crippen molar-refractivity contribution in [1.29, 1.82) is 0 Å². The van der Waals surface area contributed by atoms with Gasteiger partial charge in [0.05, 0.1) is 6.04 Å². The summed E-state index contributed by atoms with van der Waals surface area (Å²) in [5.74, 6) is 0.178. The molecule has 0 spiro atoms. The third-order valence-electron chi connectivity index (χ3n) is 7.01. The lowest BCUT2D eigenvalue weighted by atomic mass is 9.83. The fourth-order valence-corrected chi connectivity index (χ4v) is 5.11. The quantitative estimate of drug-likeness (QED) is 0.499. The number of amides is 2. The van der Waals surface area contributed by atoms with Crippen LogP contribution in [0.1, 0.15) is 55.6 Å². The van der Waals surface area contributed by atoms with Gasteiger partial charge in [-0.3, -0.25) is 9.59 Å². The SMILES string of the molecule is O=C(CC1CCC(NC(=O)[C@@H]2C[C@@H](c3ccccc3)CN2)CC1)NCc1cccc(OC(F)(F)F)c1. The number of hydrogen-bond acceptors (Lipinski definition) is 4. The molecule has 36 heavy (non-hydrogen) atoms. The molecule has 2 aromatic rings. The second kappa shape index (κ2) is 11.8. The molecule has 1 saturated carbocycles. The van der Waals surface area contributed by atoms with Gasteiger partial charge in [-0.15, -0.1) is 13.2 Å². The Morgan fingerprint density at radius 3 is 2.47 bits per heavy atom. The van der Waals surface area contributed by atoms with Gasteiger partial charge in [0, 0.05) is 25.6 Å². The summed E-state index contributed by atoms with van der Waals surface area (Å²) >= 11 is 0. The van der Waals surface area contributed by atoms with E-state index in [0.29, 0.717) is 17.9 Å². The first-order valence-electron chi connectivity index (χ1n) is 12.5. The predicted octanol–water partition coefficient (Wildman–Crippen LogP) is 4.41. The van der Waals surface area contributed by atoms with Crippen molar-refractivity contribution in [3.63, 3.8) is 0 Å². The van der Waals surface area contributed by atoms with E-state index in [1.807, 2.05) is 18.2 Å². The standard InChI is InChI=1S/C27H32F3N3O3/c28-27(29,30)36-23-8-4-5-19(13-23)16-32-25(34)14-18-9-11-22(12-10-18)33-26(35)24-15-21(17-31-24)20-6-2-1-3-7-20/h1-8,13,18,21-22,24,31H,9-12,14-17H2,(H,32,34)(H,33,35)/t18?,21-,22?,24+/m1/s1. The molecule has 194 valence electrons. The lowest BCUT2D eigenvalue weighted by molar-refractivity contribution is -0.274. The lowest BCUT2D eigenvalue weighted by Crippen LogP contribution is -2.46. The van der Waals surface area contributed by atoms with Gasteiger partial charge in [0.1, 0.15) is 5.75 Å². The van der Waals surface area contributed by atoms with E-state index in [4.69, 9.17) is 0 Å². The maximum absolute atomic E-state index is 12.8. The van der Waals surface area contributed by atoms with Crippen LogP contribution in [-0.2, 0) is 16.1 Å². The first-order valence-corrected chi connectivity index (χ1v) is 12.5. The van der Waals surface area contributed by atoms with Gasteiger partial charge in [0.25, 0.3) is 0 Å². The molecule has 0 radical (unpaired) electrons. The molecule has 3 N–H and O–H groups in total. The van der Waals surface area contributed by atoms with E-state index in [1.54, 1.807) is 6.07 Å². The molecule has 2 fully saturated rings. The van der Waals surface area contributed by atoms with Crippen molar-refractivity contribution in [3.8, 4) is 5.75 Å². The largest absolute Gasteiger partial charge is 0.573 e. The van der Waals surface area contributed by atoms with Crippen LogP contribution in [0.2, 0.25) is 0 Å². The molecule has 2 aliphatic rings. The molecule has 2 amide bonds. The van der Waals surface area contributed by atoms with Crippen molar-refractivity contribution in [2.45, 2.75) is 69.4 Å². The first kappa shape index (κ1) is 26.0. The Labute approximate surface area is 209 Å². The average molecular weight is 504 g/mol. The highest BCUT2D eigenvalue weighted by molar-refractivity contribution is 5.82. The highest BCUT2D eigenvalue weighted by Gasteiger charge is 2.33. The normalized spacial score (nSPS) is 24.2. The van der Waals surface area contributed by atoms with Gasteiger partial charge in [-0.05, 0) is 67.2 Å². The van der Waals surface area contributed by atoms with Crippen LogP contribution in [0.3, 0.4) is 0 Å². The molecule has 6 nitrogen and oxygen atoms in total. The van der Waals surface area contributed by atoms with Crippen LogP contribution < -0.4 is 20.7 Å². The molecule has 4 rings (SSSR count). The monoisotopic (exact) mass is 503 g/mol. The third kappa shape index (κ3) is 7.71. The Bertz CT molecular complexity index is 1020. The van der Waals surface area contributed by atoms with Gasteiger partial charge in [-0.25, -0.2) is 0 Å². The Hall–Kier alpha value is -3.07. The summed E-state index contributed by atoms with van der Waals surface area (Å²) in [4.78, 5) is 25.1. The molecular formula is C27H32F3N3O3. The molecule has 1 aliphatic carbocycles. The van der Waals surface area contributed by atoms with Crippen molar-refractivity contribution < 1.29 is 27.5 Å². The van der Waals surface area contributed by atoms with E-state index < -0.39 is 6.36 Å². The van der Waals surface area contributed by atoms with Crippen molar-refractivity contribution in [3.05, 3.63) is 65.7 Å². The van der Waals surface area contributed by atoms with Crippen molar-refractivity contribution in [2.75, 3.05) is 6.54 Å². The van der Waals surface area contributed by atoms with Crippen LogP contribution in [0.25, 0.3) is 0 Å². The second-order valence-electron chi connectivity index (χ2n) is 9.71. The van der Waals surface area contributed by atoms with Crippen LogP contribution >= 0.6 is 0 Å². The Kier molecular flexibility index (Phi) is 8.51. The number of nitrogens with one attached hydrogen (secondary N) is 3. The highest BCUT2D eigenvalue weighted by atomic mass is 19.4. The number of carbonyl (C=O) groups is 2. The van der Waals surface area contributed by atoms with Gasteiger partial charge < -0.3 is 20.7 Å². The summed E-state index contributed by atoms with van der Waals surface area (Å²) in [5, 5.41) is 9.30. The van der Waals surface area contributed by atoms with Gasteiger partial charge in [0.15, 0.2) is 0 Å². The smallest absolute Gasteiger partial charge is 0.406 e. The molecule has 0 bridgehead atoms. The minimum Gasteiger partial charge on any atom is -0.406 e. The van der Waals surface area contributed by atoms with E-state index in [2.05, 4.69) is 32.8 Å². The summed E-state index contributed by atoms with van der Waals surface area (Å²) in [6, 6.07) is 15.8. The first-order chi connectivity index (χ1) is 17.2. The fraction of sp³-hybridized carbons (Fsp3) is 0.481. The van der Waals surface area contributed by atoms with E-state index in [9.17, 15) is 22.8 Å². The van der Waals surface area contributed by atoms with Crippen LogP contribution in [0, 0.1) is 5.92 Å².